The van der Waals surface area contributed by atoms with E-state index in [1.165, 1.54) is 22.3 Å². The number of hydrogen-bond acceptors (Lipinski definition) is 0. The molecule has 0 N–H and O–H groups in total. The van der Waals surface area contributed by atoms with Gasteiger partial charge in [0.2, 0.25) is 0 Å². The number of allylic oxidation sites excluding steroid dienone is 1. The zero-order valence-electron chi connectivity index (χ0n) is 9.35. The maximum Gasteiger partial charge on any atom is 0.000499 e. The van der Waals surface area contributed by atoms with Crippen molar-refractivity contribution < 1.29 is 0 Å². The van der Waals surface area contributed by atoms with Crippen LogP contribution in [0.4, 0.5) is 0 Å². The van der Waals surface area contributed by atoms with Crippen LogP contribution in [0.3, 0.4) is 0 Å². The van der Waals surface area contributed by atoms with E-state index in [9.17, 15) is 0 Å². The second kappa shape index (κ2) is 3.64. The maximum absolute atomic E-state index is 2.27. The lowest BCUT2D eigenvalue weighted by molar-refractivity contribution is 0.993. The van der Waals surface area contributed by atoms with Gasteiger partial charge in [-0.25, -0.2) is 0 Å². The quantitative estimate of drug-likeness (QED) is 0.645. The van der Waals surface area contributed by atoms with E-state index in [1.807, 2.05) is 0 Å². The summed E-state index contributed by atoms with van der Waals surface area (Å²) in [5.74, 6) is 0.534. The van der Waals surface area contributed by atoms with E-state index >= 15 is 0 Å². The number of rotatable bonds is 1. The lowest BCUT2D eigenvalue weighted by atomic mass is 9.92. The highest BCUT2D eigenvalue weighted by molar-refractivity contribution is 5.77. The molecule has 2 aromatic carbocycles. The molecule has 1 unspecified atom stereocenters. The van der Waals surface area contributed by atoms with E-state index < -0.39 is 0 Å². The van der Waals surface area contributed by atoms with Gasteiger partial charge >= 0.3 is 0 Å². The fourth-order valence-corrected chi connectivity index (χ4v) is 2.45. The normalized spacial score (nSPS) is 17.4. The van der Waals surface area contributed by atoms with Gasteiger partial charge in [0.05, 0.1) is 0 Å². The molecule has 1 atom stereocenters. The van der Waals surface area contributed by atoms with Crippen molar-refractivity contribution in [2.75, 3.05) is 0 Å². The Labute approximate surface area is 96.3 Å². The van der Waals surface area contributed by atoms with Gasteiger partial charge in [-0.15, -0.1) is 0 Å². The molecule has 0 nitrogen and oxygen atoms in total. The summed E-state index contributed by atoms with van der Waals surface area (Å²) in [6, 6.07) is 17.2. The molecule has 0 saturated heterocycles. The summed E-state index contributed by atoms with van der Waals surface area (Å²) in [5, 5.41) is 0. The number of fused-ring (bicyclic) bond motifs is 1. The highest BCUT2D eigenvalue weighted by Gasteiger charge is 2.17. The Morgan fingerprint density at radius 2 is 1.69 bits per heavy atom. The van der Waals surface area contributed by atoms with Crippen LogP contribution in [0.1, 0.15) is 24.0 Å². The van der Waals surface area contributed by atoms with Crippen LogP contribution in [0.25, 0.3) is 17.2 Å². The van der Waals surface area contributed by atoms with Gasteiger partial charge in [0.15, 0.2) is 0 Å². The van der Waals surface area contributed by atoms with E-state index in [1.54, 1.807) is 0 Å². The van der Waals surface area contributed by atoms with Gasteiger partial charge < -0.3 is 0 Å². The largest absolute Gasteiger partial charge is 0.0766 e. The Morgan fingerprint density at radius 1 is 0.875 bits per heavy atom. The summed E-state index contributed by atoms with van der Waals surface area (Å²) >= 11 is 0. The van der Waals surface area contributed by atoms with Gasteiger partial charge in [-0.1, -0.05) is 67.6 Å². The van der Waals surface area contributed by atoms with Crippen molar-refractivity contribution >= 4 is 6.08 Å². The van der Waals surface area contributed by atoms with Crippen molar-refractivity contribution in [3.8, 4) is 11.1 Å². The molecule has 0 spiro atoms. The van der Waals surface area contributed by atoms with Crippen LogP contribution in [0.2, 0.25) is 0 Å². The van der Waals surface area contributed by atoms with Crippen LogP contribution in [0.15, 0.2) is 54.6 Å². The molecule has 16 heavy (non-hydrogen) atoms. The predicted octanol–water partition coefficient (Wildman–Crippen LogP) is 4.48. The smallest absolute Gasteiger partial charge is 0.000499 e. The average molecular weight is 206 g/mol. The SMILES string of the molecule is CC1C=Cc2cccc(-c3ccccc3)c21. The van der Waals surface area contributed by atoms with Crippen molar-refractivity contribution in [2.24, 2.45) is 0 Å². The molecule has 1 aliphatic carbocycles. The number of benzene rings is 2. The first-order chi connectivity index (χ1) is 7.86. The van der Waals surface area contributed by atoms with Gasteiger partial charge in [-0.3, -0.25) is 0 Å². The predicted molar refractivity (Wildman–Crippen MR) is 69.3 cm³/mol. The molecule has 3 rings (SSSR count). The minimum atomic E-state index is 0.534. The lowest BCUT2D eigenvalue weighted by Gasteiger charge is -2.12. The standard InChI is InChI=1S/C16H14/c1-12-10-11-14-8-5-9-15(16(12)14)13-6-3-2-4-7-13/h2-12H,1H3. The van der Waals surface area contributed by atoms with Crippen LogP contribution in [-0.4, -0.2) is 0 Å². The first-order valence-electron chi connectivity index (χ1n) is 5.73. The average Bonchev–Trinajstić information content (AvgIpc) is 2.73. The Hall–Kier alpha value is -1.82. The van der Waals surface area contributed by atoms with E-state index in [2.05, 4.69) is 67.6 Å². The molecule has 0 bridgehead atoms. The minimum Gasteiger partial charge on any atom is -0.0766 e. The number of hydrogen-bond donors (Lipinski definition) is 0. The third-order valence-electron chi connectivity index (χ3n) is 3.24. The summed E-state index contributed by atoms with van der Waals surface area (Å²) in [4.78, 5) is 0. The van der Waals surface area contributed by atoms with Crippen molar-refractivity contribution in [3.63, 3.8) is 0 Å². The zero-order valence-corrected chi connectivity index (χ0v) is 9.35. The molecule has 0 saturated carbocycles. The molecule has 1 aliphatic rings. The molecular formula is C16H14. The van der Waals surface area contributed by atoms with Crippen LogP contribution in [-0.2, 0) is 0 Å². The molecule has 0 aromatic heterocycles. The van der Waals surface area contributed by atoms with Crippen molar-refractivity contribution in [1.29, 1.82) is 0 Å². The van der Waals surface area contributed by atoms with Gasteiger partial charge in [-0.2, -0.15) is 0 Å². The maximum atomic E-state index is 2.27. The first-order valence-corrected chi connectivity index (χ1v) is 5.73. The Morgan fingerprint density at radius 3 is 2.50 bits per heavy atom. The highest BCUT2D eigenvalue weighted by atomic mass is 14.2. The van der Waals surface area contributed by atoms with Crippen LogP contribution < -0.4 is 0 Å². The topological polar surface area (TPSA) is 0 Å². The van der Waals surface area contributed by atoms with Crippen LogP contribution in [0, 0.1) is 0 Å². The summed E-state index contributed by atoms with van der Waals surface area (Å²) in [6.45, 7) is 2.26. The molecule has 0 fully saturated rings. The van der Waals surface area contributed by atoms with E-state index in [4.69, 9.17) is 0 Å². The fraction of sp³-hybridized carbons (Fsp3) is 0.125. The van der Waals surface area contributed by atoms with Crippen molar-refractivity contribution in [1.82, 2.24) is 0 Å². The third-order valence-corrected chi connectivity index (χ3v) is 3.24. The van der Waals surface area contributed by atoms with Gasteiger partial charge in [-0.05, 0) is 22.3 Å². The molecular weight excluding hydrogens is 192 g/mol. The summed E-state index contributed by atoms with van der Waals surface area (Å²) in [5.41, 5.74) is 5.52. The zero-order chi connectivity index (χ0) is 11.0. The van der Waals surface area contributed by atoms with E-state index in [0.717, 1.165) is 0 Å². The Kier molecular flexibility index (Phi) is 2.14. The van der Waals surface area contributed by atoms with Crippen LogP contribution in [0.5, 0.6) is 0 Å². The molecule has 0 amide bonds. The third kappa shape index (κ3) is 1.38. The van der Waals surface area contributed by atoms with Crippen molar-refractivity contribution in [3.05, 3.63) is 65.7 Å². The second-order valence-corrected chi connectivity index (χ2v) is 4.32. The van der Waals surface area contributed by atoms with E-state index in [-0.39, 0.29) is 0 Å². The fourth-order valence-electron chi connectivity index (χ4n) is 2.45. The molecule has 0 heterocycles. The summed E-state index contributed by atoms with van der Waals surface area (Å²) in [7, 11) is 0. The summed E-state index contributed by atoms with van der Waals surface area (Å²) < 4.78 is 0. The van der Waals surface area contributed by atoms with Gasteiger partial charge in [0.25, 0.3) is 0 Å². The lowest BCUT2D eigenvalue weighted by Crippen LogP contribution is -1.92. The molecule has 0 heteroatoms. The van der Waals surface area contributed by atoms with Crippen molar-refractivity contribution in [2.45, 2.75) is 12.8 Å². The molecule has 78 valence electrons. The Bertz CT molecular complexity index is 535. The van der Waals surface area contributed by atoms with Gasteiger partial charge in [0.1, 0.15) is 0 Å². The van der Waals surface area contributed by atoms with E-state index in [0.29, 0.717) is 5.92 Å². The van der Waals surface area contributed by atoms with Crippen LogP contribution >= 0.6 is 0 Å². The first kappa shape index (κ1) is 9.41. The molecule has 2 aromatic rings. The highest BCUT2D eigenvalue weighted by Crippen LogP contribution is 2.37. The Balaban J connectivity index is 2.21. The van der Waals surface area contributed by atoms with Gasteiger partial charge in [0, 0.05) is 5.92 Å². The second-order valence-electron chi connectivity index (χ2n) is 4.32. The minimum absolute atomic E-state index is 0.534. The molecule has 0 radical (unpaired) electrons. The summed E-state index contributed by atoms with van der Waals surface area (Å²) in [6.07, 6.45) is 4.50. The molecule has 0 aliphatic heterocycles. The monoisotopic (exact) mass is 206 g/mol.